The van der Waals surface area contributed by atoms with E-state index in [0.29, 0.717) is 18.7 Å². The minimum atomic E-state index is -0.981. The number of rotatable bonds is 3. The van der Waals surface area contributed by atoms with E-state index in [0.717, 1.165) is 6.20 Å². The van der Waals surface area contributed by atoms with Gasteiger partial charge >= 0.3 is 0 Å². The molecule has 0 spiro atoms. The molecule has 2 rings (SSSR count). The van der Waals surface area contributed by atoms with Crippen molar-refractivity contribution in [1.29, 1.82) is 5.26 Å². The number of carbonyl (C=O) groups excluding carboxylic acids is 1. The highest BCUT2D eigenvalue weighted by atomic mass is 19.1. The van der Waals surface area contributed by atoms with Crippen molar-refractivity contribution in [2.75, 3.05) is 6.61 Å². The van der Waals surface area contributed by atoms with Crippen molar-refractivity contribution < 1.29 is 13.9 Å². The predicted molar refractivity (Wildman–Crippen MR) is 74.6 cm³/mol. The molecule has 0 fully saturated rings. The molecular formula is C16H17FN2O2. The Labute approximate surface area is 123 Å². The molecule has 0 bridgehead atoms. The Hall–Kier alpha value is -2.06. The number of hydrogen-bond donors (Lipinski definition) is 0. The van der Waals surface area contributed by atoms with E-state index in [4.69, 9.17) is 4.74 Å². The third kappa shape index (κ3) is 2.72. The Morgan fingerprint density at radius 3 is 2.71 bits per heavy atom. The number of halogens is 1. The first kappa shape index (κ1) is 15.3. The molecule has 1 aromatic rings. The topological polar surface area (TPSA) is 63.0 Å². The number of ketones is 1. The van der Waals surface area contributed by atoms with Gasteiger partial charge in [0, 0.05) is 12.0 Å². The van der Waals surface area contributed by atoms with Crippen molar-refractivity contribution in [1.82, 2.24) is 4.98 Å². The van der Waals surface area contributed by atoms with Gasteiger partial charge < -0.3 is 4.74 Å². The average molecular weight is 288 g/mol. The van der Waals surface area contributed by atoms with Gasteiger partial charge in [0.25, 0.3) is 0 Å². The molecule has 4 nitrogen and oxygen atoms in total. The number of Topliss-reactive ketones (excluding diaryl/α,β-unsaturated/α-hetero) is 1. The molecule has 21 heavy (non-hydrogen) atoms. The number of hydrogen-bond acceptors (Lipinski definition) is 4. The van der Waals surface area contributed by atoms with Gasteiger partial charge in [0.15, 0.2) is 5.78 Å². The van der Waals surface area contributed by atoms with E-state index in [2.05, 4.69) is 4.98 Å². The first-order valence-corrected chi connectivity index (χ1v) is 6.78. The molecule has 1 heterocycles. The fourth-order valence-electron chi connectivity index (χ4n) is 2.75. The Morgan fingerprint density at radius 1 is 1.48 bits per heavy atom. The second-order valence-corrected chi connectivity index (χ2v) is 5.74. The normalized spacial score (nSPS) is 24.3. The lowest BCUT2D eigenvalue weighted by molar-refractivity contribution is -0.130. The lowest BCUT2D eigenvalue weighted by Crippen LogP contribution is -2.43. The Bertz CT molecular complexity index is 629. The van der Waals surface area contributed by atoms with Gasteiger partial charge in [-0.1, -0.05) is 13.8 Å². The fourth-order valence-corrected chi connectivity index (χ4v) is 2.75. The van der Waals surface area contributed by atoms with Crippen molar-refractivity contribution in [2.45, 2.75) is 32.8 Å². The molecule has 1 atom stereocenters. The van der Waals surface area contributed by atoms with Crippen LogP contribution in [0.2, 0.25) is 0 Å². The zero-order chi connectivity index (χ0) is 15.7. The van der Waals surface area contributed by atoms with Crippen LogP contribution in [0, 0.1) is 22.6 Å². The summed E-state index contributed by atoms with van der Waals surface area (Å²) in [4.78, 5) is 16.3. The second-order valence-electron chi connectivity index (χ2n) is 5.74. The lowest BCUT2D eigenvalue weighted by atomic mass is 9.68. The Balaban J connectivity index is 2.62. The highest BCUT2D eigenvalue weighted by Gasteiger charge is 2.47. The molecule has 0 aromatic carbocycles. The molecule has 0 radical (unpaired) electrons. The third-order valence-electron chi connectivity index (χ3n) is 3.62. The number of aromatic nitrogens is 1. The molecule has 1 unspecified atom stereocenters. The van der Waals surface area contributed by atoms with Gasteiger partial charge in [0.1, 0.15) is 17.5 Å². The van der Waals surface area contributed by atoms with Gasteiger partial charge in [-0.25, -0.2) is 4.39 Å². The average Bonchev–Trinajstić information content (AvgIpc) is 2.43. The van der Waals surface area contributed by atoms with E-state index in [9.17, 15) is 14.4 Å². The van der Waals surface area contributed by atoms with Crippen LogP contribution in [-0.4, -0.2) is 17.4 Å². The maximum absolute atomic E-state index is 13.1. The van der Waals surface area contributed by atoms with Crippen LogP contribution in [0.25, 0.3) is 0 Å². The van der Waals surface area contributed by atoms with Crippen molar-refractivity contribution in [3.05, 3.63) is 41.5 Å². The number of nitriles is 1. The molecule has 5 heteroatoms. The van der Waals surface area contributed by atoms with Crippen LogP contribution in [0.15, 0.2) is 30.0 Å². The predicted octanol–water partition coefficient (Wildman–Crippen LogP) is 2.90. The van der Waals surface area contributed by atoms with E-state index < -0.39 is 16.8 Å². The quantitative estimate of drug-likeness (QED) is 0.858. The first-order valence-electron chi connectivity index (χ1n) is 6.78. The Morgan fingerprint density at radius 2 is 2.19 bits per heavy atom. The minimum Gasteiger partial charge on any atom is -0.365 e. The minimum absolute atomic E-state index is 0.0609. The van der Waals surface area contributed by atoms with Crippen molar-refractivity contribution in [3.63, 3.8) is 0 Å². The van der Waals surface area contributed by atoms with Gasteiger partial charge in [-0.15, -0.1) is 0 Å². The molecule has 0 saturated heterocycles. The van der Waals surface area contributed by atoms with E-state index in [1.807, 2.05) is 13.0 Å². The van der Waals surface area contributed by atoms with E-state index in [-0.39, 0.29) is 11.4 Å². The molecular weight excluding hydrogens is 271 g/mol. The zero-order valence-electron chi connectivity index (χ0n) is 12.3. The molecule has 0 aliphatic heterocycles. The second kappa shape index (κ2) is 5.38. The van der Waals surface area contributed by atoms with Crippen molar-refractivity contribution >= 4 is 5.78 Å². The number of pyridine rings is 1. The molecule has 0 N–H and O–H groups in total. The van der Waals surface area contributed by atoms with Gasteiger partial charge in [-0.3, -0.25) is 9.78 Å². The van der Waals surface area contributed by atoms with E-state index >= 15 is 0 Å². The maximum atomic E-state index is 13.1. The fraction of sp³-hybridized carbons (Fsp3) is 0.438. The van der Waals surface area contributed by atoms with Crippen molar-refractivity contribution in [3.8, 4) is 6.07 Å². The van der Waals surface area contributed by atoms with Gasteiger partial charge in [-0.05, 0) is 31.6 Å². The van der Waals surface area contributed by atoms with E-state index in [1.54, 1.807) is 13.8 Å². The maximum Gasteiger partial charge on any atom is 0.178 e. The molecule has 0 amide bonds. The summed E-state index contributed by atoms with van der Waals surface area (Å²) in [6.07, 6.45) is 2.99. The standard InChI is InChI=1S/C16H17FN2O2/c1-4-21-16(13-6-5-12(17)9-19-13)7-11(8-18)14(20)15(2,3)10-16/h5-7,9H,4,10H2,1-3H3. The summed E-state index contributed by atoms with van der Waals surface area (Å²) in [6, 6.07) is 4.76. The smallest absolute Gasteiger partial charge is 0.178 e. The Kier molecular flexibility index (Phi) is 3.93. The van der Waals surface area contributed by atoms with Gasteiger partial charge in [0.2, 0.25) is 0 Å². The number of ether oxygens (including phenoxy) is 1. The van der Waals surface area contributed by atoms with E-state index in [1.165, 1.54) is 18.2 Å². The number of nitrogens with zero attached hydrogens (tertiary/aromatic N) is 2. The molecule has 0 saturated carbocycles. The first-order chi connectivity index (χ1) is 9.84. The largest absolute Gasteiger partial charge is 0.365 e. The van der Waals surface area contributed by atoms with Crippen LogP contribution >= 0.6 is 0 Å². The highest BCUT2D eigenvalue weighted by molar-refractivity contribution is 6.03. The third-order valence-corrected chi connectivity index (χ3v) is 3.62. The summed E-state index contributed by atoms with van der Waals surface area (Å²) < 4.78 is 18.9. The van der Waals surface area contributed by atoms with Gasteiger partial charge in [-0.2, -0.15) is 5.26 Å². The number of carbonyl (C=O) groups is 1. The summed E-state index contributed by atoms with van der Waals surface area (Å²) in [5.41, 5.74) is -1.17. The molecule has 110 valence electrons. The van der Waals surface area contributed by atoms with Crippen LogP contribution in [-0.2, 0) is 15.1 Å². The van der Waals surface area contributed by atoms with Gasteiger partial charge in [0.05, 0.1) is 17.5 Å². The zero-order valence-corrected chi connectivity index (χ0v) is 12.3. The molecule has 1 aliphatic rings. The summed E-state index contributed by atoms with van der Waals surface area (Å²) in [5.74, 6) is -0.650. The monoisotopic (exact) mass is 288 g/mol. The summed E-state index contributed by atoms with van der Waals surface area (Å²) >= 11 is 0. The highest BCUT2D eigenvalue weighted by Crippen LogP contribution is 2.44. The van der Waals surface area contributed by atoms with Crippen LogP contribution in [0.4, 0.5) is 4.39 Å². The lowest BCUT2D eigenvalue weighted by Gasteiger charge is -2.40. The molecule has 1 aliphatic carbocycles. The van der Waals surface area contributed by atoms with Crippen molar-refractivity contribution in [2.24, 2.45) is 5.41 Å². The summed E-state index contributed by atoms with van der Waals surface area (Å²) in [5, 5.41) is 9.21. The summed E-state index contributed by atoms with van der Waals surface area (Å²) in [6.45, 7) is 5.76. The summed E-state index contributed by atoms with van der Waals surface area (Å²) in [7, 11) is 0. The SMILES string of the molecule is CCOC1(c2ccc(F)cn2)C=C(C#N)C(=O)C(C)(C)C1. The van der Waals surface area contributed by atoms with Crippen LogP contribution in [0.5, 0.6) is 0 Å². The van der Waals surface area contributed by atoms with Crippen LogP contribution in [0.3, 0.4) is 0 Å². The molecule has 1 aromatic heterocycles. The van der Waals surface area contributed by atoms with Crippen LogP contribution in [0.1, 0.15) is 32.9 Å². The van der Waals surface area contributed by atoms with Crippen LogP contribution < -0.4 is 0 Å². The number of allylic oxidation sites excluding steroid dienone is 1.